The fourth-order valence-corrected chi connectivity index (χ4v) is 0. The van der Waals surface area contributed by atoms with E-state index in [0.29, 0.717) is 0 Å². The van der Waals surface area contributed by atoms with Crippen molar-refractivity contribution in [2.45, 2.75) is 0 Å². The zero-order chi connectivity index (χ0) is 2.71. The van der Waals surface area contributed by atoms with Gasteiger partial charge in [0.25, 0.3) is 0 Å². The number of hydrogen-bond acceptors (Lipinski definition) is 0. The molecule has 0 aromatic rings. The minimum atomic E-state index is -0.972. The molecule has 0 aromatic heterocycles. The monoisotopic (exact) mass is 314 g/mol. The van der Waals surface area contributed by atoms with Crippen molar-refractivity contribution in [1.29, 1.82) is 0 Å². The van der Waals surface area contributed by atoms with Crippen molar-refractivity contribution in [2.24, 2.45) is 0 Å². The third-order valence-electron chi connectivity index (χ3n) is 0. The molecule has 5 heavy (non-hydrogen) atoms. The van der Waals surface area contributed by atoms with Crippen molar-refractivity contribution in [3.05, 3.63) is 0 Å². The Hall–Kier alpha value is 1.42. The summed E-state index contributed by atoms with van der Waals surface area (Å²) < 4.78 is 0. The molecule has 4 N–H and O–H groups in total. The van der Waals surface area contributed by atoms with Crippen LogP contribution in [0, 0.1) is 0 Å². The van der Waals surface area contributed by atoms with Crippen molar-refractivity contribution in [3.63, 3.8) is 0 Å². The Labute approximate surface area is 49.2 Å². The van der Waals surface area contributed by atoms with Crippen LogP contribution in [0.1, 0.15) is 0 Å². The maximum atomic E-state index is 4.96. The SMILES string of the molecule is O.O.[Cl][Pb][Cl]. The molecule has 0 spiro atoms. The van der Waals surface area contributed by atoms with Gasteiger partial charge in [-0.25, -0.2) is 0 Å². The summed E-state index contributed by atoms with van der Waals surface area (Å²) in [7, 11) is 9.92. The van der Waals surface area contributed by atoms with Gasteiger partial charge in [0, 0.05) is 0 Å². The molecule has 2 nitrogen and oxygen atoms in total. The van der Waals surface area contributed by atoms with Crippen molar-refractivity contribution < 1.29 is 11.0 Å². The molecule has 0 rings (SSSR count). The summed E-state index contributed by atoms with van der Waals surface area (Å²) in [5, 5.41) is 0. The Morgan fingerprint density at radius 1 is 1.00 bits per heavy atom. The van der Waals surface area contributed by atoms with E-state index >= 15 is 0 Å². The van der Waals surface area contributed by atoms with Crippen LogP contribution in [0.2, 0.25) is 0 Å². The zero-order valence-electron chi connectivity index (χ0n) is 2.26. The summed E-state index contributed by atoms with van der Waals surface area (Å²) in [6.07, 6.45) is 0. The molecule has 0 heterocycles. The van der Waals surface area contributed by atoms with Gasteiger partial charge in [-0.15, -0.1) is 0 Å². The van der Waals surface area contributed by atoms with Crippen molar-refractivity contribution in [2.75, 3.05) is 0 Å². The molecular weight excluding hydrogens is 310 g/mol. The van der Waals surface area contributed by atoms with E-state index in [1.807, 2.05) is 0 Å². The molecular formula is H4Cl2O2Pb. The number of hydrogen-bond donors (Lipinski definition) is 0. The molecule has 0 aliphatic heterocycles. The second kappa shape index (κ2) is 18.1. The molecule has 0 amide bonds. The Morgan fingerprint density at radius 2 is 1.00 bits per heavy atom. The summed E-state index contributed by atoms with van der Waals surface area (Å²) in [6, 6.07) is 0. The van der Waals surface area contributed by atoms with Crippen molar-refractivity contribution in [3.8, 4) is 0 Å². The maximum absolute atomic E-state index is 4.96. The van der Waals surface area contributed by atoms with Crippen LogP contribution in [0.3, 0.4) is 0 Å². The van der Waals surface area contributed by atoms with E-state index in [-0.39, 0.29) is 11.0 Å². The average molecular weight is 314 g/mol. The standard InChI is InChI=1S/2ClH.2H2O.Pb/h2*1H;2*1H2;/q;;;;+2/p-2. The van der Waals surface area contributed by atoms with Crippen molar-refractivity contribution in [1.82, 2.24) is 0 Å². The van der Waals surface area contributed by atoms with E-state index < -0.39 is 21.8 Å². The molecule has 0 aliphatic rings. The van der Waals surface area contributed by atoms with E-state index in [0.717, 1.165) is 0 Å². The predicted molar refractivity (Wildman–Crippen MR) is 24.7 cm³/mol. The van der Waals surface area contributed by atoms with Crippen LogP contribution in [0.25, 0.3) is 0 Å². The second-order valence-corrected chi connectivity index (χ2v) is 5.64. The molecule has 2 radical (unpaired) electrons. The van der Waals surface area contributed by atoms with E-state index in [2.05, 4.69) is 0 Å². The van der Waals surface area contributed by atoms with Gasteiger partial charge in [-0.3, -0.25) is 0 Å². The Bertz CT molecular complexity index is 7.61. The molecule has 0 saturated carbocycles. The third kappa shape index (κ3) is 31.4. The Kier molecular flexibility index (Phi) is 58.3. The van der Waals surface area contributed by atoms with Gasteiger partial charge >= 0.3 is 38.4 Å². The Morgan fingerprint density at radius 3 is 1.00 bits per heavy atom. The topological polar surface area (TPSA) is 63.0 Å². The quantitative estimate of drug-likeness (QED) is 0.534. The first-order chi connectivity index (χ1) is 1.41. The molecule has 0 saturated heterocycles. The number of rotatable bonds is 0. The van der Waals surface area contributed by atoms with Gasteiger partial charge in [-0.2, -0.15) is 0 Å². The first-order valence-corrected chi connectivity index (χ1v) is 9.95. The summed E-state index contributed by atoms with van der Waals surface area (Å²) >= 11 is -0.972. The first-order valence-electron chi connectivity index (χ1n) is 0.378. The molecule has 0 aromatic carbocycles. The van der Waals surface area contributed by atoms with Crippen LogP contribution in [0.5, 0.6) is 0 Å². The summed E-state index contributed by atoms with van der Waals surface area (Å²) in [5.41, 5.74) is 0. The average Bonchev–Trinajstić information content (AvgIpc) is 0.918. The summed E-state index contributed by atoms with van der Waals surface area (Å²) in [4.78, 5) is 0. The molecule has 0 bridgehead atoms. The van der Waals surface area contributed by atoms with E-state index in [1.165, 1.54) is 0 Å². The van der Waals surface area contributed by atoms with Crippen LogP contribution >= 0.6 is 16.6 Å². The van der Waals surface area contributed by atoms with Gasteiger partial charge in [-0.05, 0) is 0 Å². The molecule has 0 fully saturated rings. The van der Waals surface area contributed by atoms with Crippen LogP contribution in [-0.2, 0) is 0 Å². The number of halogens is 2. The molecule has 5 heteroatoms. The minimum absolute atomic E-state index is 0. The van der Waals surface area contributed by atoms with Gasteiger partial charge in [0.15, 0.2) is 0 Å². The predicted octanol–water partition coefficient (Wildman–Crippen LogP) is -0.651. The van der Waals surface area contributed by atoms with Gasteiger partial charge in [0.2, 0.25) is 0 Å². The Balaban J connectivity index is -0.0000000200. The van der Waals surface area contributed by atoms with E-state index in [9.17, 15) is 0 Å². The first kappa shape index (κ1) is 16.1. The van der Waals surface area contributed by atoms with Gasteiger partial charge < -0.3 is 11.0 Å². The van der Waals surface area contributed by atoms with E-state index in [4.69, 9.17) is 16.6 Å². The van der Waals surface area contributed by atoms with Gasteiger partial charge in [-0.1, -0.05) is 0 Å². The molecule has 0 atom stereocenters. The summed E-state index contributed by atoms with van der Waals surface area (Å²) in [5.74, 6) is 0. The van der Waals surface area contributed by atoms with Crippen LogP contribution in [0.15, 0.2) is 0 Å². The van der Waals surface area contributed by atoms with Gasteiger partial charge in [0.05, 0.1) is 0 Å². The van der Waals surface area contributed by atoms with Crippen LogP contribution in [0.4, 0.5) is 0 Å². The third-order valence-corrected chi connectivity index (χ3v) is 0. The van der Waals surface area contributed by atoms with Crippen LogP contribution in [-0.4, -0.2) is 32.7 Å². The fourth-order valence-electron chi connectivity index (χ4n) is 0. The summed E-state index contributed by atoms with van der Waals surface area (Å²) in [6.45, 7) is 0. The normalized spacial score (nSPS) is 3.60. The fraction of sp³-hybridized carbons (Fsp3) is 0. The molecule has 34 valence electrons. The van der Waals surface area contributed by atoms with Gasteiger partial charge in [0.1, 0.15) is 0 Å². The molecule has 0 aliphatic carbocycles. The molecule has 0 unspecified atom stereocenters. The zero-order valence-corrected chi connectivity index (χ0v) is 7.66. The van der Waals surface area contributed by atoms with E-state index in [1.54, 1.807) is 0 Å². The van der Waals surface area contributed by atoms with Crippen molar-refractivity contribution >= 4 is 38.4 Å². The van der Waals surface area contributed by atoms with Crippen LogP contribution < -0.4 is 0 Å². The second-order valence-electron chi connectivity index (χ2n) is 0.0714.